The minimum atomic E-state index is -1.18. The van der Waals surface area contributed by atoms with Crippen molar-refractivity contribution in [3.8, 4) is 45.3 Å². The highest BCUT2D eigenvalue weighted by Crippen LogP contribution is 2.47. The number of aromatic nitrogens is 5. The summed E-state index contributed by atoms with van der Waals surface area (Å²) in [6.45, 7) is 10.7. The van der Waals surface area contributed by atoms with Gasteiger partial charge < -0.3 is 49.0 Å². The number of benzene rings is 3. The number of aliphatic hydroxyl groups excluding tert-OH is 2. The quantitative estimate of drug-likeness (QED) is 0.0486. The first-order valence-electron chi connectivity index (χ1n) is 23.7. The summed E-state index contributed by atoms with van der Waals surface area (Å²) in [5.74, 6) is 3.54. The number of aliphatic hydroxyl groups is 2. The maximum Gasteiger partial charge on any atom is 0.407 e. The van der Waals surface area contributed by atoms with Gasteiger partial charge in [-0.15, -0.1) is 0 Å². The fourth-order valence-electron chi connectivity index (χ4n) is 10.3. The van der Waals surface area contributed by atoms with E-state index < -0.39 is 31.0 Å². The summed E-state index contributed by atoms with van der Waals surface area (Å²) >= 11 is 0. The summed E-state index contributed by atoms with van der Waals surface area (Å²) in [5, 5.41) is 28.9. The van der Waals surface area contributed by atoms with Crippen LogP contribution in [0.4, 0.5) is 4.79 Å². The number of carbonyl (C=O) groups is 1. The molecule has 2 saturated heterocycles. The van der Waals surface area contributed by atoms with Crippen LogP contribution in [0, 0.1) is 11.8 Å². The summed E-state index contributed by atoms with van der Waals surface area (Å²) < 4.78 is 25.0. The van der Waals surface area contributed by atoms with Crippen molar-refractivity contribution in [2.24, 2.45) is 11.8 Å². The molecule has 356 valence electrons. The van der Waals surface area contributed by atoms with Crippen LogP contribution in [0.5, 0.6) is 11.5 Å². The molecule has 3 aliphatic heterocycles. The van der Waals surface area contributed by atoms with E-state index in [9.17, 15) is 15.0 Å². The maximum atomic E-state index is 12.3. The summed E-state index contributed by atoms with van der Waals surface area (Å²) in [6, 6.07) is 22.6. The minimum Gasteiger partial charge on any atom is -0.497 e. The van der Waals surface area contributed by atoms with E-state index in [2.05, 4.69) is 97.3 Å². The van der Waals surface area contributed by atoms with Crippen LogP contribution in [-0.4, -0.2) is 116 Å². The Kier molecular flexibility index (Phi) is 13.7. The smallest absolute Gasteiger partial charge is 0.407 e. The molecule has 1 amide bonds. The molecule has 3 aromatic carbocycles. The van der Waals surface area contributed by atoms with E-state index in [1.807, 2.05) is 44.4 Å². The zero-order chi connectivity index (χ0) is 46.9. The Hall–Kier alpha value is -5.75. The van der Waals surface area contributed by atoms with Crippen molar-refractivity contribution >= 4 is 17.0 Å². The molecule has 6 heterocycles. The summed E-state index contributed by atoms with van der Waals surface area (Å²) in [4.78, 5) is 33.8. The molecule has 16 heteroatoms. The Morgan fingerprint density at radius 2 is 1.61 bits per heavy atom. The third-order valence-electron chi connectivity index (χ3n) is 14.2. The fourth-order valence-corrected chi connectivity index (χ4v) is 10.3. The highest BCUT2D eigenvalue weighted by molar-refractivity contribution is 5.92. The molecule has 67 heavy (non-hydrogen) atoms. The van der Waals surface area contributed by atoms with E-state index >= 15 is 0 Å². The van der Waals surface area contributed by atoms with E-state index in [1.54, 1.807) is 7.11 Å². The minimum absolute atomic E-state index is 0.0352. The molecule has 8 atom stereocenters. The number of hydrogen-bond donors (Lipinski definition) is 6. The number of methoxy groups -OCH3 is 3. The van der Waals surface area contributed by atoms with Crippen molar-refractivity contribution < 1.29 is 34.0 Å². The van der Waals surface area contributed by atoms with Crippen molar-refractivity contribution in [2.45, 2.75) is 103 Å². The third kappa shape index (κ3) is 9.30. The monoisotopic (exact) mass is 916 g/mol. The Morgan fingerprint density at radius 1 is 0.896 bits per heavy atom. The lowest BCUT2D eigenvalue weighted by Crippen LogP contribution is -2.55. The zero-order valence-corrected chi connectivity index (χ0v) is 39.5. The van der Waals surface area contributed by atoms with Crippen molar-refractivity contribution in [3.63, 3.8) is 0 Å². The first kappa shape index (κ1) is 46.4. The van der Waals surface area contributed by atoms with Gasteiger partial charge in [0.15, 0.2) is 0 Å². The van der Waals surface area contributed by atoms with E-state index in [0.29, 0.717) is 13.1 Å². The Bertz CT molecular complexity index is 2660. The number of nitrogens with one attached hydrogen (secondary N) is 4. The van der Waals surface area contributed by atoms with E-state index in [4.69, 9.17) is 28.9 Å². The van der Waals surface area contributed by atoms with Crippen molar-refractivity contribution in [3.05, 3.63) is 96.3 Å². The van der Waals surface area contributed by atoms with Gasteiger partial charge >= 0.3 is 6.09 Å². The van der Waals surface area contributed by atoms with Gasteiger partial charge in [-0.1, -0.05) is 58.4 Å². The van der Waals surface area contributed by atoms with Crippen LogP contribution in [-0.2, 0) is 9.47 Å². The number of H-pyrrole nitrogens is 2. The molecule has 2 fully saturated rings. The molecule has 0 aliphatic carbocycles. The SMILES string of the molecule is CCC(C)C(CN1CCCC1c1ncc(-c2ccc3c(c2)OC(c2cccc(OC)c2)n2c-3cc3cc(-c4cnc(C5CCCN5C(O)C(NC(O)OC)C(C)C)[nH]4)ccc32)[nH]1)NC(=O)OC. The zero-order valence-electron chi connectivity index (χ0n) is 39.5. The lowest BCUT2D eigenvalue weighted by molar-refractivity contribution is -0.132. The van der Waals surface area contributed by atoms with Crippen LogP contribution in [0.15, 0.2) is 79.1 Å². The number of imidazole rings is 2. The number of nitrogens with zero attached hydrogens (tertiary/aromatic N) is 5. The van der Waals surface area contributed by atoms with Gasteiger partial charge in [-0.2, -0.15) is 0 Å². The Morgan fingerprint density at radius 3 is 2.33 bits per heavy atom. The van der Waals surface area contributed by atoms with Gasteiger partial charge in [0.25, 0.3) is 0 Å². The predicted molar refractivity (Wildman–Crippen MR) is 256 cm³/mol. The van der Waals surface area contributed by atoms with Crippen LogP contribution >= 0.6 is 0 Å². The molecule has 16 nitrogen and oxygen atoms in total. The Labute approximate surface area is 392 Å². The highest BCUT2D eigenvalue weighted by Gasteiger charge is 2.39. The number of amides is 1. The number of fused-ring (bicyclic) bond motifs is 5. The molecule has 8 unspecified atom stereocenters. The molecule has 0 radical (unpaired) electrons. The summed E-state index contributed by atoms with van der Waals surface area (Å²) in [6.07, 6.45) is 5.59. The molecular weight excluding hydrogens is 851 g/mol. The van der Waals surface area contributed by atoms with Gasteiger partial charge in [-0.3, -0.25) is 15.1 Å². The van der Waals surface area contributed by atoms with Crippen molar-refractivity contribution in [1.29, 1.82) is 0 Å². The molecule has 3 aromatic heterocycles. The van der Waals surface area contributed by atoms with Gasteiger partial charge in [0.2, 0.25) is 12.6 Å². The van der Waals surface area contributed by atoms with Crippen molar-refractivity contribution in [1.82, 2.24) is 44.9 Å². The summed E-state index contributed by atoms with van der Waals surface area (Å²) in [5.41, 5.74) is 7.73. The highest BCUT2D eigenvalue weighted by atomic mass is 16.6. The summed E-state index contributed by atoms with van der Waals surface area (Å²) in [7, 11) is 4.51. The largest absolute Gasteiger partial charge is 0.497 e. The average Bonchev–Trinajstić information content (AvgIpc) is 4.21. The number of likely N-dealkylation sites (tertiary alicyclic amines) is 2. The van der Waals surface area contributed by atoms with Crippen molar-refractivity contribution in [2.75, 3.05) is 41.0 Å². The lowest BCUT2D eigenvalue weighted by Gasteiger charge is -2.37. The maximum absolute atomic E-state index is 12.3. The number of rotatable bonds is 17. The fraction of sp³-hybridized carbons (Fsp3) is 0.471. The molecule has 0 spiro atoms. The topological polar surface area (TPSA) is 187 Å². The number of carbonyl (C=O) groups excluding carboxylic acids is 1. The predicted octanol–water partition coefficient (Wildman–Crippen LogP) is 7.94. The van der Waals surface area contributed by atoms with Gasteiger partial charge in [0.05, 0.1) is 67.3 Å². The van der Waals surface area contributed by atoms with Crippen LogP contribution in [0.2, 0.25) is 0 Å². The van der Waals surface area contributed by atoms with Gasteiger partial charge in [-0.05, 0) is 86.5 Å². The van der Waals surface area contributed by atoms with Crippen LogP contribution < -0.4 is 20.1 Å². The second-order valence-corrected chi connectivity index (χ2v) is 18.6. The normalized spacial score (nSPS) is 20.8. The number of hydrogen-bond acceptors (Lipinski definition) is 12. The second kappa shape index (κ2) is 19.8. The van der Waals surface area contributed by atoms with Crippen LogP contribution in [0.3, 0.4) is 0 Å². The van der Waals surface area contributed by atoms with E-state index in [-0.39, 0.29) is 30.0 Å². The molecular formula is C51H65N9O7. The second-order valence-electron chi connectivity index (χ2n) is 18.6. The molecule has 3 aliphatic rings. The van der Waals surface area contributed by atoms with E-state index in [1.165, 1.54) is 14.2 Å². The molecule has 0 saturated carbocycles. The van der Waals surface area contributed by atoms with Crippen LogP contribution in [0.1, 0.15) is 95.3 Å². The first-order chi connectivity index (χ1) is 32.5. The van der Waals surface area contributed by atoms with Gasteiger partial charge in [-0.25, -0.2) is 14.8 Å². The average molecular weight is 916 g/mol. The number of ether oxygens (including phenoxy) is 4. The van der Waals surface area contributed by atoms with E-state index in [0.717, 1.165) is 112 Å². The molecule has 9 rings (SSSR count). The number of alkyl carbamates (subject to hydrolysis) is 1. The molecule has 0 bridgehead atoms. The van der Waals surface area contributed by atoms with Gasteiger partial charge in [0.1, 0.15) is 29.4 Å². The Balaban J connectivity index is 1.01. The van der Waals surface area contributed by atoms with Crippen LogP contribution in [0.25, 0.3) is 44.7 Å². The first-order valence-corrected chi connectivity index (χ1v) is 23.7. The van der Waals surface area contributed by atoms with Gasteiger partial charge in [0, 0.05) is 53.9 Å². The third-order valence-corrected chi connectivity index (χ3v) is 14.2. The lowest BCUT2D eigenvalue weighted by atomic mass is 9.98. The molecule has 6 aromatic rings. The standard InChI is InChI=1S/C51H65N9O7/c1-8-30(4)39(56-50(62)65-6)28-58-20-10-14-41(58)46-52-27-38(54-46)32-16-18-36-43-24-34-22-31(17-19-40(34)60(43)49(67-44(36)25-32)33-12-9-13-35(23-33)64-5)37-26-53-47(55-37)42-15-11-21-59(42)48(61)45(29(2)3)57-51(63)66-7/h9,12-13,16-19,22-27,29-30,39,41-42,45,48-49,51,57,61,63H,8,10-11,14-15,20-21,28H2,1-7H3,(H,52,54)(H,53,55)(H,56,62). The molecule has 6 N–H and O–H groups in total. The number of aromatic amines is 2.